The quantitative estimate of drug-likeness (QED) is 0.622. The van der Waals surface area contributed by atoms with Crippen LogP contribution in [0.5, 0.6) is 0 Å². The van der Waals surface area contributed by atoms with Crippen LogP contribution in [-0.4, -0.2) is 27.2 Å². The fraction of sp³-hybridized carbons (Fsp3) is 0.353. The van der Waals surface area contributed by atoms with Crippen LogP contribution in [0.3, 0.4) is 0 Å². The van der Waals surface area contributed by atoms with Crippen LogP contribution in [-0.2, 0) is 30.6 Å². The van der Waals surface area contributed by atoms with E-state index < -0.39 is 4.92 Å². The Hall–Kier alpha value is -3.03. The minimum Gasteiger partial charge on any atom is -0.354 e. The van der Waals surface area contributed by atoms with Gasteiger partial charge in [-0.15, -0.1) is 0 Å². The second-order valence-electron chi connectivity index (χ2n) is 5.98. The Morgan fingerprint density at radius 1 is 1.28 bits per heavy atom. The Bertz CT molecular complexity index is 858. The lowest BCUT2D eigenvalue weighted by Gasteiger charge is -2.08. The van der Waals surface area contributed by atoms with E-state index in [9.17, 15) is 19.7 Å². The van der Waals surface area contributed by atoms with Gasteiger partial charge in [0.2, 0.25) is 5.91 Å². The standard InChI is InChI=1S/C17H18N4O4/c22-16(10-12-4-6-14(7-5-12)21(24)25)18-8-9-20-17(23)11-13-2-1-3-15(13)19-20/h4-7,11H,1-3,8-10H2,(H,18,22). The van der Waals surface area contributed by atoms with Crippen molar-refractivity contribution in [2.24, 2.45) is 0 Å². The summed E-state index contributed by atoms with van der Waals surface area (Å²) >= 11 is 0. The third kappa shape index (κ3) is 4.09. The van der Waals surface area contributed by atoms with E-state index in [0.717, 1.165) is 30.5 Å². The van der Waals surface area contributed by atoms with Crippen LogP contribution in [0, 0.1) is 10.1 Å². The number of amides is 1. The molecule has 0 spiro atoms. The van der Waals surface area contributed by atoms with Crippen LogP contribution in [0.2, 0.25) is 0 Å². The second-order valence-corrected chi connectivity index (χ2v) is 5.98. The number of hydrogen-bond donors (Lipinski definition) is 1. The topological polar surface area (TPSA) is 107 Å². The first kappa shape index (κ1) is 16.8. The lowest BCUT2D eigenvalue weighted by atomic mass is 10.1. The van der Waals surface area contributed by atoms with Crippen molar-refractivity contribution in [1.82, 2.24) is 15.1 Å². The van der Waals surface area contributed by atoms with Crippen LogP contribution in [0.25, 0.3) is 0 Å². The molecule has 0 atom stereocenters. The predicted octanol–water partition coefficient (Wildman–Crippen LogP) is 0.999. The van der Waals surface area contributed by atoms with Crippen LogP contribution < -0.4 is 10.9 Å². The molecule has 1 aliphatic carbocycles. The Morgan fingerprint density at radius 2 is 2.04 bits per heavy atom. The highest BCUT2D eigenvalue weighted by molar-refractivity contribution is 5.78. The van der Waals surface area contributed by atoms with Gasteiger partial charge < -0.3 is 5.32 Å². The van der Waals surface area contributed by atoms with Crippen molar-refractivity contribution >= 4 is 11.6 Å². The molecule has 0 bridgehead atoms. The predicted molar refractivity (Wildman–Crippen MR) is 90.3 cm³/mol. The maximum absolute atomic E-state index is 12.0. The van der Waals surface area contributed by atoms with Crippen LogP contribution in [0.4, 0.5) is 5.69 Å². The number of carbonyl (C=O) groups excluding carboxylic acids is 1. The van der Waals surface area contributed by atoms with Gasteiger partial charge >= 0.3 is 0 Å². The molecule has 1 N–H and O–H groups in total. The fourth-order valence-electron chi connectivity index (χ4n) is 2.88. The van der Waals surface area contributed by atoms with Crippen LogP contribution >= 0.6 is 0 Å². The van der Waals surface area contributed by atoms with Gasteiger partial charge in [-0.1, -0.05) is 12.1 Å². The monoisotopic (exact) mass is 342 g/mol. The lowest BCUT2D eigenvalue weighted by molar-refractivity contribution is -0.384. The van der Waals surface area contributed by atoms with Gasteiger partial charge in [-0.3, -0.25) is 19.7 Å². The van der Waals surface area contributed by atoms with E-state index in [1.165, 1.54) is 16.8 Å². The van der Waals surface area contributed by atoms with Crippen molar-refractivity contribution in [2.75, 3.05) is 6.54 Å². The van der Waals surface area contributed by atoms with E-state index in [2.05, 4.69) is 10.4 Å². The van der Waals surface area contributed by atoms with Crippen molar-refractivity contribution < 1.29 is 9.72 Å². The molecule has 0 radical (unpaired) electrons. The number of fused-ring (bicyclic) bond motifs is 1. The number of aryl methyl sites for hydroxylation is 2. The molecule has 1 aromatic carbocycles. The minimum absolute atomic E-state index is 0.00813. The number of carbonyl (C=O) groups is 1. The SMILES string of the molecule is O=C(Cc1ccc([N+](=O)[O-])cc1)NCCn1nc2c(cc1=O)CCC2. The van der Waals surface area contributed by atoms with Crippen molar-refractivity contribution in [1.29, 1.82) is 0 Å². The van der Waals surface area contributed by atoms with E-state index in [1.54, 1.807) is 18.2 Å². The van der Waals surface area contributed by atoms with E-state index >= 15 is 0 Å². The molecule has 8 heteroatoms. The summed E-state index contributed by atoms with van der Waals surface area (Å²) in [6.07, 6.45) is 2.95. The van der Waals surface area contributed by atoms with E-state index in [0.29, 0.717) is 18.7 Å². The molecule has 2 aromatic rings. The van der Waals surface area contributed by atoms with Gasteiger partial charge in [0.15, 0.2) is 0 Å². The Balaban J connectivity index is 1.51. The van der Waals surface area contributed by atoms with Crippen LogP contribution in [0.15, 0.2) is 35.1 Å². The number of benzene rings is 1. The number of nitrogens with zero attached hydrogens (tertiary/aromatic N) is 3. The van der Waals surface area contributed by atoms with Crippen molar-refractivity contribution in [3.05, 3.63) is 67.6 Å². The molecule has 0 unspecified atom stereocenters. The second kappa shape index (κ2) is 7.25. The van der Waals surface area contributed by atoms with Gasteiger partial charge in [-0.05, 0) is 30.4 Å². The molecule has 0 fully saturated rings. The number of hydrogen-bond acceptors (Lipinski definition) is 5. The third-order valence-corrected chi connectivity index (χ3v) is 4.18. The first-order valence-electron chi connectivity index (χ1n) is 8.13. The number of non-ortho nitro benzene ring substituents is 1. The summed E-state index contributed by atoms with van der Waals surface area (Å²) in [5.74, 6) is -0.205. The smallest absolute Gasteiger partial charge is 0.269 e. The van der Waals surface area contributed by atoms with Crippen molar-refractivity contribution in [2.45, 2.75) is 32.2 Å². The molecule has 1 amide bonds. The Morgan fingerprint density at radius 3 is 2.76 bits per heavy atom. The summed E-state index contributed by atoms with van der Waals surface area (Å²) in [4.78, 5) is 34.0. The maximum atomic E-state index is 12.0. The zero-order valence-corrected chi connectivity index (χ0v) is 13.6. The summed E-state index contributed by atoms with van der Waals surface area (Å²) in [7, 11) is 0. The summed E-state index contributed by atoms with van der Waals surface area (Å²) in [5.41, 5.74) is 2.53. The van der Waals surface area contributed by atoms with Gasteiger partial charge in [0.25, 0.3) is 11.2 Å². The first-order valence-corrected chi connectivity index (χ1v) is 8.13. The van der Waals surface area contributed by atoms with Gasteiger partial charge in [0.05, 0.1) is 23.6 Å². The molecule has 1 aliphatic rings. The average molecular weight is 342 g/mol. The number of aromatic nitrogens is 2. The van der Waals surface area contributed by atoms with E-state index in [-0.39, 0.29) is 23.6 Å². The molecule has 0 saturated carbocycles. The normalized spacial score (nSPS) is 12.6. The maximum Gasteiger partial charge on any atom is 0.269 e. The van der Waals surface area contributed by atoms with Gasteiger partial charge in [-0.2, -0.15) is 5.10 Å². The van der Waals surface area contributed by atoms with E-state index in [1.807, 2.05) is 0 Å². The largest absolute Gasteiger partial charge is 0.354 e. The number of nitro groups is 1. The van der Waals surface area contributed by atoms with Crippen LogP contribution in [0.1, 0.15) is 23.2 Å². The fourth-order valence-corrected chi connectivity index (χ4v) is 2.88. The zero-order valence-electron chi connectivity index (χ0n) is 13.6. The summed E-state index contributed by atoms with van der Waals surface area (Å²) < 4.78 is 1.39. The summed E-state index contributed by atoms with van der Waals surface area (Å²) in [5, 5.41) is 17.7. The highest BCUT2D eigenvalue weighted by Gasteiger charge is 2.14. The molecule has 0 aliphatic heterocycles. The zero-order chi connectivity index (χ0) is 17.8. The third-order valence-electron chi connectivity index (χ3n) is 4.18. The summed E-state index contributed by atoms with van der Waals surface area (Å²) in [6.45, 7) is 0.621. The van der Waals surface area contributed by atoms with Crippen molar-refractivity contribution in [3.8, 4) is 0 Å². The van der Waals surface area contributed by atoms with Gasteiger partial charge in [0, 0.05) is 24.7 Å². The molecule has 3 rings (SSSR count). The van der Waals surface area contributed by atoms with Gasteiger partial charge in [-0.25, -0.2) is 4.68 Å². The Labute approximate surface area is 143 Å². The van der Waals surface area contributed by atoms with Gasteiger partial charge in [0.1, 0.15) is 0 Å². The Kier molecular flexibility index (Phi) is 4.87. The number of nitro benzene ring substituents is 1. The van der Waals surface area contributed by atoms with E-state index in [4.69, 9.17) is 0 Å². The summed E-state index contributed by atoms with van der Waals surface area (Å²) in [6, 6.07) is 7.50. The highest BCUT2D eigenvalue weighted by Crippen LogP contribution is 2.16. The molecule has 1 heterocycles. The molecule has 130 valence electrons. The molecule has 1 aromatic heterocycles. The lowest BCUT2D eigenvalue weighted by Crippen LogP contribution is -2.33. The molecular formula is C17H18N4O4. The molecule has 8 nitrogen and oxygen atoms in total. The molecule has 0 saturated heterocycles. The average Bonchev–Trinajstić information content (AvgIpc) is 3.02. The molecule has 25 heavy (non-hydrogen) atoms. The van der Waals surface area contributed by atoms with Crippen molar-refractivity contribution in [3.63, 3.8) is 0 Å². The molecular weight excluding hydrogens is 324 g/mol. The highest BCUT2D eigenvalue weighted by atomic mass is 16.6. The first-order chi connectivity index (χ1) is 12.0. The number of rotatable bonds is 6. The number of nitrogens with one attached hydrogen (secondary N) is 1. The minimum atomic E-state index is -0.481.